The summed E-state index contributed by atoms with van der Waals surface area (Å²) in [6.07, 6.45) is 9.06. The van der Waals surface area contributed by atoms with Crippen LogP contribution >= 0.6 is 0 Å². The van der Waals surface area contributed by atoms with Crippen LogP contribution in [0.25, 0.3) is 0 Å². The third kappa shape index (κ3) is 3.99. The summed E-state index contributed by atoms with van der Waals surface area (Å²) in [4.78, 5) is 11.5. The molecule has 2 nitrogen and oxygen atoms in total. The Balaban J connectivity index is 0.000000606. The lowest BCUT2D eigenvalue weighted by Crippen LogP contribution is -2.37. The molecule has 2 heteroatoms. The second-order valence-electron chi connectivity index (χ2n) is 4.50. The molecule has 2 aliphatic carbocycles. The maximum atomic E-state index is 11.5. The minimum atomic E-state index is 0.305. The molecular formula is C14H25NO. The number of nitrogens with one attached hydrogen (secondary N) is 1. The Morgan fingerprint density at radius 3 is 2.19 bits per heavy atom. The minimum Gasteiger partial charge on any atom is -0.353 e. The zero-order valence-electron chi connectivity index (χ0n) is 10.9. The Labute approximate surface area is 99.5 Å². The van der Waals surface area contributed by atoms with Gasteiger partial charge in [0.25, 0.3) is 0 Å². The third-order valence-corrected chi connectivity index (χ3v) is 3.33. The standard InChI is InChI=1S/C12H19NO.C2H6/c1-2-9-3-7-11(8-4-9)13-12(14)10-5-6-10;1-2/h2,10-11H,3-8H2,1H3,(H,13,14);1-2H3. The zero-order chi connectivity index (χ0) is 12.0. The molecule has 2 saturated carbocycles. The summed E-state index contributed by atoms with van der Waals surface area (Å²) in [5.41, 5.74) is 1.56. The number of carbonyl (C=O) groups excluding carboxylic acids is 1. The van der Waals surface area contributed by atoms with Crippen LogP contribution in [0.5, 0.6) is 0 Å². The Morgan fingerprint density at radius 2 is 1.75 bits per heavy atom. The molecule has 0 radical (unpaired) electrons. The zero-order valence-corrected chi connectivity index (χ0v) is 10.9. The van der Waals surface area contributed by atoms with Gasteiger partial charge < -0.3 is 5.32 Å². The van der Waals surface area contributed by atoms with Gasteiger partial charge in [-0.1, -0.05) is 25.5 Å². The molecule has 16 heavy (non-hydrogen) atoms. The minimum absolute atomic E-state index is 0.305. The molecule has 0 aliphatic heterocycles. The fourth-order valence-corrected chi connectivity index (χ4v) is 2.09. The van der Waals surface area contributed by atoms with Crippen LogP contribution in [-0.4, -0.2) is 11.9 Å². The number of allylic oxidation sites excluding steroid dienone is 2. The molecule has 0 heterocycles. The summed E-state index contributed by atoms with van der Waals surface area (Å²) in [7, 11) is 0. The first-order valence-electron chi connectivity index (χ1n) is 6.74. The van der Waals surface area contributed by atoms with Crippen LogP contribution in [0.15, 0.2) is 11.6 Å². The quantitative estimate of drug-likeness (QED) is 0.714. The highest BCUT2D eigenvalue weighted by Gasteiger charge is 2.31. The van der Waals surface area contributed by atoms with E-state index in [1.54, 1.807) is 5.57 Å². The third-order valence-electron chi connectivity index (χ3n) is 3.33. The molecule has 92 valence electrons. The highest BCUT2D eigenvalue weighted by molar-refractivity contribution is 5.81. The lowest BCUT2D eigenvalue weighted by molar-refractivity contribution is -0.123. The van der Waals surface area contributed by atoms with E-state index in [0.717, 1.165) is 25.7 Å². The summed E-state index contributed by atoms with van der Waals surface area (Å²) in [6.45, 7) is 6.11. The summed E-state index contributed by atoms with van der Waals surface area (Å²) in [5, 5.41) is 3.16. The monoisotopic (exact) mass is 223 g/mol. The highest BCUT2D eigenvalue weighted by atomic mass is 16.2. The fourth-order valence-electron chi connectivity index (χ4n) is 2.09. The smallest absolute Gasteiger partial charge is 0.223 e. The molecule has 1 N–H and O–H groups in total. The Morgan fingerprint density at radius 1 is 1.19 bits per heavy atom. The van der Waals surface area contributed by atoms with Crippen molar-refractivity contribution < 1.29 is 4.79 Å². The molecule has 0 unspecified atom stereocenters. The average molecular weight is 223 g/mol. The molecule has 0 spiro atoms. The van der Waals surface area contributed by atoms with Crippen molar-refractivity contribution in [1.82, 2.24) is 5.32 Å². The van der Waals surface area contributed by atoms with Crippen LogP contribution < -0.4 is 5.32 Å². The number of carbonyl (C=O) groups is 1. The van der Waals surface area contributed by atoms with Crippen molar-refractivity contribution in [2.75, 3.05) is 0 Å². The number of hydrogen-bond donors (Lipinski definition) is 1. The number of rotatable bonds is 2. The van der Waals surface area contributed by atoms with Gasteiger partial charge in [-0.2, -0.15) is 0 Å². The van der Waals surface area contributed by atoms with Gasteiger partial charge in [-0.15, -0.1) is 0 Å². The van der Waals surface area contributed by atoms with E-state index in [-0.39, 0.29) is 0 Å². The van der Waals surface area contributed by atoms with Gasteiger partial charge in [-0.3, -0.25) is 4.79 Å². The van der Waals surface area contributed by atoms with E-state index < -0.39 is 0 Å². The Hall–Kier alpha value is -0.790. The second-order valence-corrected chi connectivity index (χ2v) is 4.50. The van der Waals surface area contributed by atoms with Gasteiger partial charge >= 0.3 is 0 Å². The van der Waals surface area contributed by atoms with Gasteiger partial charge in [0.1, 0.15) is 0 Å². The van der Waals surface area contributed by atoms with Crippen molar-refractivity contribution in [2.45, 2.75) is 65.3 Å². The van der Waals surface area contributed by atoms with Crippen LogP contribution in [0.2, 0.25) is 0 Å². The van der Waals surface area contributed by atoms with E-state index in [4.69, 9.17) is 0 Å². The lowest BCUT2D eigenvalue weighted by Gasteiger charge is -2.24. The van der Waals surface area contributed by atoms with Gasteiger partial charge in [-0.25, -0.2) is 0 Å². The highest BCUT2D eigenvalue weighted by Crippen LogP contribution is 2.30. The van der Waals surface area contributed by atoms with Crippen LogP contribution in [0.1, 0.15) is 59.3 Å². The first-order valence-corrected chi connectivity index (χ1v) is 6.74. The molecule has 0 atom stereocenters. The molecule has 0 saturated heterocycles. The maximum Gasteiger partial charge on any atom is 0.223 e. The van der Waals surface area contributed by atoms with E-state index in [2.05, 4.69) is 18.3 Å². The van der Waals surface area contributed by atoms with Gasteiger partial charge in [0.2, 0.25) is 5.91 Å². The number of hydrogen-bond acceptors (Lipinski definition) is 1. The van der Waals surface area contributed by atoms with Crippen molar-refractivity contribution >= 4 is 5.91 Å². The predicted octanol–water partition coefficient (Wildman–Crippen LogP) is 3.43. The van der Waals surface area contributed by atoms with E-state index in [1.165, 1.54) is 12.8 Å². The maximum absolute atomic E-state index is 11.5. The van der Waals surface area contributed by atoms with Gasteiger partial charge in [-0.05, 0) is 45.4 Å². The molecule has 0 aromatic rings. The van der Waals surface area contributed by atoms with E-state index in [9.17, 15) is 4.79 Å². The van der Waals surface area contributed by atoms with Crippen molar-refractivity contribution in [3.63, 3.8) is 0 Å². The predicted molar refractivity (Wildman–Crippen MR) is 68.2 cm³/mol. The van der Waals surface area contributed by atoms with Gasteiger partial charge in [0.05, 0.1) is 0 Å². The van der Waals surface area contributed by atoms with Gasteiger partial charge in [0, 0.05) is 12.0 Å². The van der Waals surface area contributed by atoms with Crippen molar-refractivity contribution in [3.05, 3.63) is 11.6 Å². The van der Waals surface area contributed by atoms with E-state index in [0.29, 0.717) is 17.9 Å². The summed E-state index contributed by atoms with van der Waals surface area (Å²) in [5.74, 6) is 0.664. The summed E-state index contributed by atoms with van der Waals surface area (Å²) in [6, 6.07) is 0.451. The SMILES string of the molecule is CC.CC=C1CCC(NC(=O)C2CC2)CC1. The summed E-state index contributed by atoms with van der Waals surface area (Å²) >= 11 is 0. The van der Waals surface area contributed by atoms with Crippen molar-refractivity contribution in [1.29, 1.82) is 0 Å². The van der Waals surface area contributed by atoms with E-state index >= 15 is 0 Å². The molecular weight excluding hydrogens is 198 g/mol. The van der Waals surface area contributed by atoms with Crippen LogP contribution in [0.4, 0.5) is 0 Å². The fraction of sp³-hybridized carbons (Fsp3) is 0.786. The molecule has 2 fully saturated rings. The van der Waals surface area contributed by atoms with Gasteiger partial charge in [0.15, 0.2) is 0 Å². The lowest BCUT2D eigenvalue weighted by atomic mass is 9.90. The summed E-state index contributed by atoms with van der Waals surface area (Å²) < 4.78 is 0. The van der Waals surface area contributed by atoms with Crippen molar-refractivity contribution in [3.8, 4) is 0 Å². The van der Waals surface area contributed by atoms with Crippen LogP contribution in [-0.2, 0) is 4.79 Å². The first kappa shape index (κ1) is 13.3. The molecule has 2 aliphatic rings. The Kier molecular flexibility index (Phi) is 5.58. The molecule has 0 aromatic heterocycles. The van der Waals surface area contributed by atoms with E-state index in [1.807, 2.05) is 13.8 Å². The molecule has 1 amide bonds. The Bertz CT molecular complexity index is 243. The van der Waals surface area contributed by atoms with Crippen LogP contribution in [0, 0.1) is 5.92 Å². The largest absolute Gasteiger partial charge is 0.353 e. The first-order chi connectivity index (χ1) is 7.79. The second kappa shape index (κ2) is 6.72. The van der Waals surface area contributed by atoms with Crippen LogP contribution in [0.3, 0.4) is 0 Å². The van der Waals surface area contributed by atoms with Crippen molar-refractivity contribution in [2.24, 2.45) is 5.92 Å². The normalized spacial score (nSPS) is 24.2. The molecule has 2 rings (SSSR count). The molecule has 0 aromatic carbocycles. The topological polar surface area (TPSA) is 29.1 Å². The molecule has 0 bridgehead atoms. The average Bonchev–Trinajstić information content (AvgIpc) is 3.16. The number of amides is 1.